The summed E-state index contributed by atoms with van der Waals surface area (Å²) in [6.45, 7) is 12.6. The summed E-state index contributed by atoms with van der Waals surface area (Å²) in [5.74, 6) is 2.07. The average molecular weight is 288 g/mol. The van der Waals surface area contributed by atoms with E-state index in [1.165, 1.54) is 5.56 Å². The summed E-state index contributed by atoms with van der Waals surface area (Å²) in [6, 6.07) is 0. The number of hydrogen-bond donors (Lipinski definition) is 1. The third-order valence-electron chi connectivity index (χ3n) is 4.62. The Morgan fingerprint density at radius 1 is 1.19 bits per heavy atom. The molecule has 1 N–H and O–H groups in total. The molecule has 1 unspecified atom stereocenters. The van der Waals surface area contributed by atoms with E-state index in [2.05, 4.69) is 32.9 Å². The number of benzene rings is 1. The lowest BCUT2D eigenvalue weighted by molar-refractivity contribution is 0.112. The number of phenols is 1. The van der Waals surface area contributed by atoms with E-state index < -0.39 is 0 Å². The summed E-state index contributed by atoms with van der Waals surface area (Å²) in [5, 5.41) is 10.2. The predicted octanol–water partition coefficient (Wildman–Crippen LogP) is 5.00. The highest BCUT2D eigenvalue weighted by atomic mass is 16.5. The Balaban J connectivity index is 2.34. The average Bonchev–Trinajstić information content (AvgIpc) is 2.42. The van der Waals surface area contributed by atoms with Gasteiger partial charge in [-0.15, -0.1) is 0 Å². The van der Waals surface area contributed by atoms with Crippen LogP contribution < -0.4 is 4.74 Å². The lowest BCUT2D eigenvalue weighted by Gasteiger charge is -2.36. The summed E-state index contributed by atoms with van der Waals surface area (Å²) in [6.07, 6.45) is 7.45. The van der Waals surface area contributed by atoms with Crippen LogP contribution in [0.15, 0.2) is 12.2 Å². The van der Waals surface area contributed by atoms with Crippen LogP contribution in [0.25, 0.3) is 0 Å². The second-order valence-electron chi connectivity index (χ2n) is 6.98. The molecule has 1 aliphatic rings. The van der Waals surface area contributed by atoms with Crippen LogP contribution >= 0.6 is 0 Å². The van der Waals surface area contributed by atoms with Crippen molar-refractivity contribution in [3.8, 4) is 11.5 Å². The van der Waals surface area contributed by atoms with Crippen LogP contribution in [0.5, 0.6) is 11.5 Å². The quantitative estimate of drug-likeness (QED) is 0.793. The molecule has 0 aromatic heterocycles. The van der Waals surface area contributed by atoms with E-state index >= 15 is 0 Å². The minimum absolute atomic E-state index is 0.234. The van der Waals surface area contributed by atoms with Crippen molar-refractivity contribution in [2.45, 2.75) is 66.4 Å². The molecule has 0 radical (unpaired) electrons. The van der Waals surface area contributed by atoms with Gasteiger partial charge in [0.25, 0.3) is 0 Å². The van der Waals surface area contributed by atoms with Crippen LogP contribution in [0.3, 0.4) is 0 Å². The van der Waals surface area contributed by atoms with Gasteiger partial charge < -0.3 is 9.84 Å². The molecule has 0 saturated carbocycles. The number of phenolic OH excluding ortho intramolecular Hbond substituents is 1. The van der Waals surface area contributed by atoms with Crippen LogP contribution in [0, 0.1) is 26.7 Å². The first-order valence-corrected chi connectivity index (χ1v) is 7.93. The number of ether oxygens (including phenoxy) is 1. The van der Waals surface area contributed by atoms with Gasteiger partial charge >= 0.3 is 0 Å². The summed E-state index contributed by atoms with van der Waals surface area (Å²) in [5.41, 5.74) is 3.91. The van der Waals surface area contributed by atoms with E-state index in [-0.39, 0.29) is 5.60 Å². The molecule has 116 valence electrons. The highest BCUT2D eigenvalue weighted by molar-refractivity contribution is 5.58. The zero-order chi connectivity index (χ0) is 15.8. The molecule has 0 spiro atoms. The van der Waals surface area contributed by atoms with Gasteiger partial charge in [-0.2, -0.15) is 0 Å². The van der Waals surface area contributed by atoms with Crippen molar-refractivity contribution < 1.29 is 9.84 Å². The molecule has 2 nitrogen and oxygen atoms in total. The molecule has 0 bridgehead atoms. The number of rotatable bonds is 3. The monoisotopic (exact) mass is 288 g/mol. The molecule has 0 amide bonds. The van der Waals surface area contributed by atoms with Crippen LogP contribution in [0.4, 0.5) is 0 Å². The topological polar surface area (TPSA) is 29.5 Å². The van der Waals surface area contributed by atoms with E-state index in [9.17, 15) is 5.11 Å². The standard InChI is InChI=1S/C19H28O2/c1-12(2)8-7-10-19(6)11-9-16-15(5)17(20)13(3)14(4)18(16)21-19/h7,10,12,20H,8-9,11H2,1-6H3/b10-7+. The molecule has 1 aliphatic heterocycles. The van der Waals surface area contributed by atoms with Gasteiger partial charge in [0, 0.05) is 5.56 Å². The number of fused-ring (bicyclic) bond motifs is 1. The second-order valence-corrected chi connectivity index (χ2v) is 6.98. The first kappa shape index (κ1) is 15.9. The minimum Gasteiger partial charge on any atom is -0.507 e. The molecule has 2 heteroatoms. The van der Waals surface area contributed by atoms with Gasteiger partial charge in [-0.25, -0.2) is 0 Å². The predicted molar refractivity (Wildman–Crippen MR) is 88.3 cm³/mol. The Morgan fingerprint density at radius 2 is 1.86 bits per heavy atom. The third kappa shape index (κ3) is 3.09. The molecule has 0 fully saturated rings. The normalized spacial score (nSPS) is 21.7. The maximum Gasteiger partial charge on any atom is 0.127 e. The zero-order valence-electron chi connectivity index (χ0n) is 14.2. The molecule has 21 heavy (non-hydrogen) atoms. The van der Waals surface area contributed by atoms with Crippen LogP contribution in [0.1, 0.15) is 55.9 Å². The highest BCUT2D eigenvalue weighted by Crippen LogP contribution is 2.43. The fourth-order valence-corrected chi connectivity index (χ4v) is 2.97. The van der Waals surface area contributed by atoms with Crippen molar-refractivity contribution in [1.82, 2.24) is 0 Å². The fourth-order valence-electron chi connectivity index (χ4n) is 2.97. The van der Waals surface area contributed by atoms with Gasteiger partial charge in [-0.1, -0.05) is 19.9 Å². The van der Waals surface area contributed by atoms with Gasteiger partial charge in [-0.3, -0.25) is 0 Å². The van der Waals surface area contributed by atoms with Crippen molar-refractivity contribution in [1.29, 1.82) is 0 Å². The highest BCUT2D eigenvalue weighted by Gasteiger charge is 2.32. The largest absolute Gasteiger partial charge is 0.507 e. The number of allylic oxidation sites excluding steroid dienone is 1. The number of hydrogen-bond acceptors (Lipinski definition) is 2. The summed E-state index contributed by atoms with van der Waals surface area (Å²) < 4.78 is 6.35. The van der Waals surface area contributed by atoms with Crippen molar-refractivity contribution in [2.75, 3.05) is 0 Å². The van der Waals surface area contributed by atoms with Crippen molar-refractivity contribution in [2.24, 2.45) is 5.92 Å². The maximum atomic E-state index is 10.2. The van der Waals surface area contributed by atoms with E-state index in [1.807, 2.05) is 20.8 Å². The molecule has 1 heterocycles. The van der Waals surface area contributed by atoms with E-state index in [1.54, 1.807) is 0 Å². The fraction of sp³-hybridized carbons (Fsp3) is 0.579. The summed E-state index contributed by atoms with van der Waals surface area (Å²) in [7, 11) is 0. The molecular weight excluding hydrogens is 260 g/mol. The third-order valence-corrected chi connectivity index (χ3v) is 4.62. The van der Waals surface area contributed by atoms with Gasteiger partial charge in [-0.05, 0) is 75.6 Å². The van der Waals surface area contributed by atoms with Crippen molar-refractivity contribution in [3.05, 3.63) is 34.4 Å². The smallest absolute Gasteiger partial charge is 0.127 e. The Morgan fingerprint density at radius 3 is 2.48 bits per heavy atom. The number of aromatic hydroxyl groups is 1. The van der Waals surface area contributed by atoms with Gasteiger partial charge in [0.05, 0.1) is 0 Å². The molecule has 1 atom stereocenters. The first-order valence-electron chi connectivity index (χ1n) is 7.93. The zero-order valence-corrected chi connectivity index (χ0v) is 14.2. The molecule has 1 aromatic carbocycles. The molecular formula is C19H28O2. The van der Waals surface area contributed by atoms with Gasteiger partial charge in [0.2, 0.25) is 0 Å². The van der Waals surface area contributed by atoms with Crippen LogP contribution in [0.2, 0.25) is 0 Å². The Hall–Kier alpha value is -1.44. The lowest BCUT2D eigenvalue weighted by Crippen LogP contribution is -2.35. The summed E-state index contributed by atoms with van der Waals surface area (Å²) in [4.78, 5) is 0. The Labute approximate surface area is 128 Å². The van der Waals surface area contributed by atoms with Crippen molar-refractivity contribution in [3.63, 3.8) is 0 Å². The van der Waals surface area contributed by atoms with E-state index in [4.69, 9.17) is 4.74 Å². The Bertz CT molecular complexity index is 570. The molecule has 2 rings (SSSR count). The first-order chi connectivity index (χ1) is 9.75. The lowest BCUT2D eigenvalue weighted by atomic mass is 9.86. The Kier molecular flexibility index (Phi) is 4.36. The second kappa shape index (κ2) is 5.75. The molecule has 0 aliphatic carbocycles. The van der Waals surface area contributed by atoms with Gasteiger partial charge in [0.15, 0.2) is 0 Å². The molecule has 0 saturated heterocycles. The summed E-state index contributed by atoms with van der Waals surface area (Å²) >= 11 is 0. The van der Waals surface area contributed by atoms with Gasteiger partial charge in [0.1, 0.15) is 17.1 Å². The van der Waals surface area contributed by atoms with E-state index in [0.717, 1.165) is 41.7 Å². The minimum atomic E-state index is -0.234. The van der Waals surface area contributed by atoms with Crippen LogP contribution in [-0.4, -0.2) is 10.7 Å². The van der Waals surface area contributed by atoms with Crippen molar-refractivity contribution >= 4 is 0 Å². The molecule has 1 aromatic rings. The van der Waals surface area contributed by atoms with E-state index in [0.29, 0.717) is 11.7 Å². The maximum absolute atomic E-state index is 10.2. The van der Waals surface area contributed by atoms with Crippen LogP contribution in [-0.2, 0) is 6.42 Å². The SMILES string of the molecule is Cc1c(C)c2c(c(C)c1O)CCC(C)(/C=C/CC(C)C)O2.